The molecule has 0 fully saturated rings. The summed E-state index contributed by atoms with van der Waals surface area (Å²) in [6, 6.07) is 25.0. The first kappa shape index (κ1) is 22.4. The Labute approximate surface area is 195 Å². The van der Waals surface area contributed by atoms with Crippen LogP contribution in [0, 0.1) is 3.57 Å². The fourth-order valence-electron chi connectivity index (χ4n) is 3.03. The van der Waals surface area contributed by atoms with Crippen LogP contribution in [0.4, 0.5) is 0 Å². The van der Waals surface area contributed by atoms with E-state index in [1.54, 1.807) is 11.8 Å². The molecule has 0 unspecified atom stereocenters. The van der Waals surface area contributed by atoms with Crippen molar-refractivity contribution in [1.29, 1.82) is 0 Å². The van der Waals surface area contributed by atoms with Gasteiger partial charge < -0.3 is 9.84 Å². The summed E-state index contributed by atoms with van der Waals surface area (Å²) in [6.45, 7) is 1.84. The van der Waals surface area contributed by atoms with Crippen molar-refractivity contribution in [3.8, 4) is 5.75 Å². The van der Waals surface area contributed by atoms with Crippen molar-refractivity contribution in [3.63, 3.8) is 0 Å². The topological polar surface area (TPSA) is 46.5 Å². The van der Waals surface area contributed by atoms with Gasteiger partial charge in [0.25, 0.3) is 0 Å². The lowest BCUT2D eigenvalue weighted by molar-refractivity contribution is -0.139. The minimum Gasteiger partial charge on any atom is -0.481 e. The van der Waals surface area contributed by atoms with E-state index in [4.69, 9.17) is 9.84 Å². The van der Waals surface area contributed by atoms with E-state index in [1.807, 2.05) is 24.3 Å². The maximum Gasteiger partial charge on any atom is 0.341 e. The fraction of sp³-hybridized carbons (Fsp3) is 0.160. The Hall–Kier alpha value is -2.25. The maximum atomic E-state index is 10.7. The van der Waals surface area contributed by atoms with Crippen molar-refractivity contribution in [2.24, 2.45) is 0 Å². The Morgan fingerprint density at radius 3 is 2.50 bits per heavy atom. The largest absolute Gasteiger partial charge is 0.481 e. The molecule has 0 saturated carbocycles. The van der Waals surface area contributed by atoms with Gasteiger partial charge in [-0.2, -0.15) is 0 Å². The number of halogens is 1. The molecule has 30 heavy (non-hydrogen) atoms. The van der Waals surface area contributed by atoms with Crippen LogP contribution in [0.1, 0.15) is 23.6 Å². The molecule has 0 aliphatic carbocycles. The zero-order valence-electron chi connectivity index (χ0n) is 16.7. The van der Waals surface area contributed by atoms with E-state index >= 15 is 0 Å². The first-order valence-corrected chi connectivity index (χ1v) is 11.7. The Morgan fingerprint density at radius 2 is 1.80 bits per heavy atom. The normalized spacial score (nSPS) is 11.3. The molecule has 154 valence electrons. The molecule has 0 bridgehead atoms. The predicted molar refractivity (Wildman–Crippen MR) is 132 cm³/mol. The number of carboxylic acids is 1. The number of carbonyl (C=O) groups is 1. The van der Waals surface area contributed by atoms with Crippen LogP contribution in [-0.2, 0) is 11.2 Å². The Kier molecular flexibility index (Phi) is 8.39. The standard InChI is InChI=1S/C25H23IO3S/c1-2-18-7-6-10-20(15-18)22(19-8-4-3-5-9-19)13-14-30-21-11-12-24(23(26)16-21)29-17-25(27)28/h3-13,15-16H,2,14,17H2,1H3,(H,27,28). The number of hydrogen-bond donors (Lipinski definition) is 1. The van der Waals surface area contributed by atoms with Gasteiger partial charge in [0.2, 0.25) is 0 Å². The molecule has 0 aliphatic rings. The van der Waals surface area contributed by atoms with Gasteiger partial charge in [0, 0.05) is 10.6 Å². The average molecular weight is 530 g/mol. The molecule has 3 aromatic rings. The van der Waals surface area contributed by atoms with Crippen molar-refractivity contribution in [2.45, 2.75) is 18.2 Å². The van der Waals surface area contributed by atoms with Crippen LogP contribution in [0.15, 0.2) is 83.8 Å². The third kappa shape index (κ3) is 6.37. The van der Waals surface area contributed by atoms with E-state index in [1.165, 1.54) is 22.3 Å². The Morgan fingerprint density at radius 1 is 1.03 bits per heavy atom. The van der Waals surface area contributed by atoms with Crippen LogP contribution in [0.5, 0.6) is 5.75 Å². The van der Waals surface area contributed by atoms with Crippen molar-refractivity contribution >= 4 is 45.9 Å². The number of rotatable bonds is 9. The second-order valence-electron chi connectivity index (χ2n) is 6.62. The van der Waals surface area contributed by atoms with Crippen molar-refractivity contribution in [1.82, 2.24) is 0 Å². The van der Waals surface area contributed by atoms with Gasteiger partial charge in [-0.25, -0.2) is 4.79 Å². The predicted octanol–water partition coefficient (Wildman–Crippen LogP) is 6.54. The highest BCUT2D eigenvalue weighted by Gasteiger charge is 2.08. The Balaban J connectivity index is 1.78. The zero-order chi connectivity index (χ0) is 21.3. The van der Waals surface area contributed by atoms with Gasteiger partial charge >= 0.3 is 5.97 Å². The first-order valence-electron chi connectivity index (χ1n) is 9.68. The molecule has 0 saturated heterocycles. The lowest BCUT2D eigenvalue weighted by atomic mass is 9.96. The highest BCUT2D eigenvalue weighted by atomic mass is 127. The van der Waals surface area contributed by atoms with Gasteiger partial charge in [-0.3, -0.25) is 0 Å². The summed E-state index contributed by atoms with van der Waals surface area (Å²) < 4.78 is 6.21. The van der Waals surface area contributed by atoms with Crippen LogP contribution >= 0.6 is 34.4 Å². The number of benzene rings is 3. The molecule has 0 aliphatic heterocycles. The Bertz CT molecular complexity index is 1030. The zero-order valence-corrected chi connectivity index (χ0v) is 19.7. The molecule has 0 radical (unpaired) electrons. The van der Waals surface area contributed by atoms with Crippen molar-refractivity contribution in [2.75, 3.05) is 12.4 Å². The van der Waals surface area contributed by atoms with Crippen LogP contribution in [0.3, 0.4) is 0 Å². The van der Waals surface area contributed by atoms with Crippen LogP contribution in [0.25, 0.3) is 5.57 Å². The smallest absolute Gasteiger partial charge is 0.341 e. The molecule has 0 atom stereocenters. The summed E-state index contributed by atoms with van der Waals surface area (Å²) >= 11 is 3.92. The summed E-state index contributed by atoms with van der Waals surface area (Å²) in [5, 5.41) is 8.77. The summed E-state index contributed by atoms with van der Waals surface area (Å²) in [4.78, 5) is 11.8. The molecule has 0 heterocycles. The summed E-state index contributed by atoms with van der Waals surface area (Å²) in [6.07, 6.45) is 3.29. The molecule has 0 aromatic heterocycles. The molecular weight excluding hydrogens is 507 g/mol. The number of ether oxygens (including phenoxy) is 1. The summed E-state index contributed by atoms with van der Waals surface area (Å²) in [7, 11) is 0. The number of carboxylic acid groups (broad SMARTS) is 1. The van der Waals surface area contributed by atoms with E-state index in [0.717, 1.165) is 20.6 Å². The van der Waals surface area contributed by atoms with E-state index in [-0.39, 0.29) is 6.61 Å². The van der Waals surface area contributed by atoms with E-state index in [2.05, 4.69) is 84.1 Å². The van der Waals surface area contributed by atoms with E-state index < -0.39 is 5.97 Å². The lowest BCUT2D eigenvalue weighted by Gasteiger charge is -2.11. The van der Waals surface area contributed by atoms with Crippen LogP contribution < -0.4 is 4.74 Å². The lowest BCUT2D eigenvalue weighted by Crippen LogP contribution is -2.10. The third-order valence-electron chi connectivity index (χ3n) is 4.52. The molecular formula is C25H23IO3S. The number of thioether (sulfide) groups is 1. The number of aryl methyl sites for hydroxylation is 1. The van der Waals surface area contributed by atoms with Gasteiger partial charge in [0.05, 0.1) is 3.57 Å². The monoisotopic (exact) mass is 530 g/mol. The number of aliphatic carboxylic acids is 1. The van der Waals surface area contributed by atoms with E-state index in [0.29, 0.717) is 5.75 Å². The number of hydrogen-bond acceptors (Lipinski definition) is 3. The van der Waals surface area contributed by atoms with Crippen LogP contribution in [-0.4, -0.2) is 23.4 Å². The second kappa shape index (κ2) is 11.2. The molecule has 3 aromatic carbocycles. The highest BCUT2D eigenvalue weighted by molar-refractivity contribution is 14.1. The molecule has 3 nitrogen and oxygen atoms in total. The van der Waals surface area contributed by atoms with Crippen LogP contribution in [0.2, 0.25) is 0 Å². The minimum atomic E-state index is -0.977. The maximum absolute atomic E-state index is 10.7. The van der Waals surface area contributed by atoms with Gasteiger partial charge in [-0.15, -0.1) is 11.8 Å². The van der Waals surface area contributed by atoms with E-state index in [9.17, 15) is 4.79 Å². The van der Waals surface area contributed by atoms with Gasteiger partial charge in [-0.1, -0.05) is 67.6 Å². The molecule has 1 N–H and O–H groups in total. The van der Waals surface area contributed by atoms with Crippen molar-refractivity contribution in [3.05, 3.63) is 99.1 Å². The van der Waals surface area contributed by atoms with Crippen molar-refractivity contribution < 1.29 is 14.6 Å². The molecule has 5 heteroatoms. The molecule has 0 amide bonds. The minimum absolute atomic E-state index is 0.331. The van der Waals surface area contributed by atoms with Gasteiger partial charge in [-0.05, 0) is 69.5 Å². The molecule has 0 spiro atoms. The summed E-state index contributed by atoms with van der Waals surface area (Å²) in [5.74, 6) is 0.445. The highest BCUT2D eigenvalue weighted by Crippen LogP contribution is 2.30. The summed E-state index contributed by atoms with van der Waals surface area (Å²) in [5.41, 5.74) is 4.99. The second-order valence-corrected chi connectivity index (χ2v) is 8.88. The SMILES string of the molecule is CCc1cccc(C(=CCSc2ccc(OCC(=O)O)c(I)c2)c2ccccc2)c1. The fourth-order valence-corrected chi connectivity index (χ4v) is 4.72. The van der Waals surface area contributed by atoms with Gasteiger partial charge in [0.15, 0.2) is 6.61 Å². The average Bonchev–Trinajstić information content (AvgIpc) is 2.76. The first-order chi connectivity index (χ1) is 14.6. The molecule has 3 rings (SSSR count). The van der Waals surface area contributed by atoms with Gasteiger partial charge in [0.1, 0.15) is 5.75 Å². The quantitative estimate of drug-likeness (QED) is 0.252. The third-order valence-corrected chi connectivity index (χ3v) is 6.29.